The first-order valence-electron chi connectivity index (χ1n) is 9.24. The Labute approximate surface area is 158 Å². The third-order valence-electron chi connectivity index (χ3n) is 4.63. The van der Waals surface area contributed by atoms with E-state index in [-0.39, 0.29) is 12.5 Å². The first-order chi connectivity index (χ1) is 12.7. The van der Waals surface area contributed by atoms with Crippen molar-refractivity contribution >= 4 is 17.7 Å². The average Bonchev–Trinajstić information content (AvgIpc) is 3.01. The molecule has 7 heteroatoms. The molecular formula is C19H26N4O2S. The Morgan fingerprint density at radius 1 is 1.23 bits per heavy atom. The van der Waals surface area contributed by atoms with Gasteiger partial charge in [0, 0.05) is 0 Å². The zero-order valence-electron chi connectivity index (χ0n) is 15.4. The van der Waals surface area contributed by atoms with Gasteiger partial charge >= 0.3 is 0 Å². The number of thioether (sulfide) groups is 1. The van der Waals surface area contributed by atoms with Gasteiger partial charge in [0.1, 0.15) is 11.6 Å². The van der Waals surface area contributed by atoms with Gasteiger partial charge in [-0.05, 0) is 49.1 Å². The minimum atomic E-state index is -0.234. The zero-order valence-corrected chi connectivity index (χ0v) is 16.2. The largest absolute Gasteiger partial charge is 0.484 e. The second kappa shape index (κ2) is 9.07. The van der Waals surface area contributed by atoms with Crippen LogP contribution in [0, 0.1) is 6.92 Å². The van der Waals surface area contributed by atoms with Crippen molar-refractivity contribution in [3.8, 4) is 5.75 Å². The predicted octanol–water partition coefficient (Wildman–Crippen LogP) is 3.90. The third kappa shape index (κ3) is 4.78. The summed E-state index contributed by atoms with van der Waals surface area (Å²) in [6.45, 7) is 3.79. The normalized spacial score (nSPS) is 15.0. The zero-order chi connectivity index (χ0) is 18.4. The number of nitrogens with zero attached hydrogens (tertiary/aromatic N) is 3. The molecule has 140 valence electrons. The summed E-state index contributed by atoms with van der Waals surface area (Å²) < 4.78 is 7.23. The van der Waals surface area contributed by atoms with E-state index < -0.39 is 0 Å². The van der Waals surface area contributed by atoms with Gasteiger partial charge in [-0.2, -0.15) is 0 Å². The third-order valence-corrected chi connectivity index (χ3v) is 5.44. The molecule has 0 aliphatic heterocycles. The fourth-order valence-electron chi connectivity index (χ4n) is 3.27. The SMILES string of the molecule is CCSc1nnc(C)n1NC(=O)COc1ccc(C2CCCCC2)cc1. The molecule has 0 unspecified atom stereocenters. The molecule has 1 aliphatic carbocycles. The smallest absolute Gasteiger partial charge is 0.276 e. The van der Waals surface area contributed by atoms with E-state index in [1.54, 1.807) is 11.6 Å². The highest BCUT2D eigenvalue weighted by atomic mass is 32.2. The summed E-state index contributed by atoms with van der Waals surface area (Å²) in [7, 11) is 0. The molecule has 1 saturated carbocycles. The minimum absolute atomic E-state index is 0.0450. The molecule has 0 radical (unpaired) electrons. The maximum atomic E-state index is 12.2. The summed E-state index contributed by atoms with van der Waals surface area (Å²) in [5.41, 5.74) is 4.16. The molecule has 1 heterocycles. The quantitative estimate of drug-likeness (QED) is 0.745. The van der Waals surface area contributed by atoms with Crippen LogP contribution in [0.1, 0.15) is 56.3 Å². The van der Waals surface area contributed by atoms with Crippen molar-refractivity contribution in [3.05, 3.63) is 35.7 Å². The van der Waals surface area contributed by atoms with E-state index in [4.69, 9.17) is 4.74 Å². The number of nitrogens with one attached hydrogen (secondary N) is 1. The summed E-state index contributed by atoms with van der Waals surface area (Å²) in [6.07, 6.45) is 6.56. The van der Waals surface area contributed by atoms with Crippen LogP contribution in [-0.4, -0.2) is 33.1 Å². The lowest BCUT2D eigenvalue weighted by molar-refractivity contribution is -0.119. The van der Waals surface area contributed by atoms with Crippen LogP contribution in [0.3, 0.4) is 0 Å². The van der Waals surface area contributed by atoms with Crippen molar-refractivity contribution < 1.29 is 9.53 Å². The van der Waals surface area contributed by atoms with Gasteiger partial charge in [-0.25, -0.2) is 4.68 Å². The number of rotatable bonds is 7. The number of hydrogen-bond acceptors (Lipinski definition) is 5. The van der Waals surface area contributed by atoms with Crippen LogP contribution in [-0.2, 0) is 4.79 Å². The Morgan fingerprint density at radius 3 is 2.65 bits per heavy atom. The molecule has 1 aromatic heterocycles. The molecule has 0 bridgehead atoms. The Kier molecular flexibility index (Phi) is 6.55. The van der Waals surface area contributed by atoms with Crippen LogP contribution in [0.4, 0.5) is 0 Å². The minimum Gasteiger partial charge on any atom is -0.484 e. The van der Waals surface area contributed by atoms with Crippen LogP contribution in [0.15, 0.2) is 29.4 Å². The summed E-state index contributed by atoms with van der Waals surface area (Å²) in [5, 5.41) is 8.72. The number of aryl methyl sites for hydroxylation is 1. The number of aromatic nitrogens is 3. The Morgan fingerprint density at radius 2 is 1.96 bits per heavy atom. The molecule has 2 aromatic rings. The van der Waals surface area contributed by atoms with Crippen LogP contribution < -0.4 is 10.2 Å². The fraction of sp³-hybridized carbons (Fsp3) is 0.526. The van der Waals surface area contributed by atoms with E-state index in [9.17, 15) is 4.79 Å². The van der Waals surface area contributed by atoms with Crippen molar-refractivity contribution in [1.29, 1.82) is 0 Å². The fourth-order valence-corrected chi connectivity index (χ4v) is 3.94. The summed E-state index contributed by atoms with van der Waals surface area (Å²) >= 11 is 1.53. The van der Waals surface area contributed by atoms with E-state index in [0.717, 1.165) is 5.75 Å². The number of benzene rings is 1. The lowest BCUT2D eigenvalue weighted by Crippen LogP contribution is -2.29. The summed E-state index contributed by atoms with van der Waals surface area (Å²) in [4.78, 5) is 12.2. The highest BCUT2D eigenvalue weighted by Crippen LogP contribution is 2.33. The van der Waals surface area contributed by atoms with E-state index in [0.29, 0.717) is 22.6 Å². The highest BCUT2D eigenvalue weighted by molar-refractivity contribution is 7.99. The number of carbonyl (C=O) groups is 1. The molecule has 1 N–H and O–H groups in total. The van der Waals surface area contributed by atoms with Gasteiger partial charge in [0.25, 0.3) is 5.91 Å². The summed E-state index contributed by atoms with van der Waals surface area (Å²) in [5.74, 6) is 2.65. The summed E-state index contributed by atoms with van der Waals surface area (Å²) in [6, 6.07) is 8.17. The Bertz CT molecular complexity index is 724. The average molecular weight is 375 g/mol. The van der Waals surface area contributed by atoms with Crippen molar-refractivity contribution in [1.82, 2.24) is 14.9 Å². The van der Waals surface area contributed by atoms with E-state index in [2.05, 4.69) is 27.8 Å². The standard InChI is InChI=1S/C19H26N4O2S/c1-3-26-19-21-20-14(2)23(19)22-18(24)13-25-17-11-9-16(10-12-17)15-7-5-4-6-8-15/h9-12,15H,3-8,13H2,1-2H3,(H,22,24). The van der Waals surface area contributed by atoms with Crippen molar-refractivity contribution in [2.45, 2.75) is 57.0 Å². The van der Waals surface area contributed by atoms with Crippen LogP contribution >= 0.6 is 11.8 Å². The van der Waals surface area contributed by atoms with E-state index in [1.165, 1.54) is 49.4 Å². The van der Waals surface area contributed by atoms with Crippen molar-refractivity contribution in [2.24, 2.45) is 0 Å². The number of amides is 1. The molecule has 0 spiro atoms. The van der Waals surface area contributed by atoms with Gasteiger partial charge in [0.05, 0.1) is 0 Å². The van der Waals surface area contributed by atoms with Crippen LogP contribution in [0.2, 0.25) is 0 Å². The van der Waals surface area contributed by atoms with Gasteiger partial charge in [0.15, 0.2) is 6.61 Å². The van der Waals surface area contributed by atoms with Crippen molar-refractivity contribution in [3.63, 3.8) is 0 Å². The van der Waals surface area contributed by atoms with E-state index >= 15 is 0 Å². The van der Waals surface area contributed by atoms with Gasteiger partial charge in [-0.3, -0.25) is 10.2 Å². The second-order valence-corrected chi connectivity index (χ2v) is 7.76. The van der Waals surface area contributed by atoms with Gasteiger partial charge < -0.3 is 4.74 Å². The van der Waals surface area contributed by atoms with Crippen LogP contribution in [0.25, 0.3) is 0 Å². The van der Waals surface area contributed by atoms with Gasteiger partial charge in [-0.1, -0.05) is 50.1 Å². The maximum Gasteiger partial charge on any atom is 0.276 e. The molecule has 26 heavy (non-hydrogen) atoms. The number of ether oxygens (including phenoxy) is 1. The van der Waals surface area contributed by atoms with Crippen LogP contribution in [0.5, 0.6) is 5.75 Å². The molecule has 1 amide bonds. The molecule has 1 aromatic carbocycles. The van der Waals surface area contributed by atoms with Gasteiger partial charge in [-0.15, -0.1) is 10.2 Å². The molecule has 3 rings (SSSR count). The Hall–Kier alpha value is -2.02. The van der Waals surface area contributed by atoms with Gasteiger partial charge in [0.2, 0.25) is 5.16 Å². The number of carbonyl (C=O) groups excluding carboxylic acids is 1. The lowest BCUT2D eigenvalue weighted by Gasteiger charge is -2.22. The topological polar surface area (TPSA) is 69.0 Å². The maximum absolute atomic E-state index is 12.2. The molecule has 0 atom stereocenters. The molecule has 1 aliphatic rings. The molecule has 0 saturated heterocycles. The molecule has 6 nitrogen and oxygen atoms in total. The first-order valence-corrected chi connectivity index (χ1v) is 10.2. The van der Waals surface area contributed by atoms with E-state index in [1.807, 2.05) is 19.1 Å². The number of hydrogen-bond donors (Lipinski definition) is 1. The molecule has 1 fully saturated rings. The lowest BCUT2D eigenvalue weighted by atomic mass is 9.84. The first kappa shape index (κ1) is 18.8. The molecular weight excluding hydrogens is 348 g/mol. The highest BCUT2D eigenvalue weighted by Gasteiger charge is 2.16. The second-order valence-electron chi connectivity index (χ2n) is 6.53. The van der Waals surface area contributed by atoms with Crippen molar-refractivity contribution in [2.75, 3.05) is 17.8 Å². The predicted molar refractivity (Wildman–Crippen MR) is 103 cm³/mol. The Balaban J connectivity index is 1.52. The monoisotopic (exact) mass is 374 g/mol.